The van der Waals surface area contributed by atoms with Crippen LogP contribution in [0.1, 0.15) is 18.5 Å². The molecule has 0 saturated carbocycles. The number of hydrogen-bond acceptors (Lipinski definition) is 4. The number of aromatic nitrogens is 1. The second-order valence-corrected chi connectivity index (χ2v) is 4.62. The molecule has 17 heavy (non-hydrogen) atoms. The van der Waals surface area contributed by atoms with Crippen molar-refractivity contribution in [2.75, 3.05) is 31.7 Å². The summed E-state index contributed by atoms with van der Waals surface area (Å²) in [4.78, 5) is 6.73. The normalized spacial score (nSPS) is 20.6. The summed E-state index contributed by atoms with van der Waals surface area (Å²) >= 11 is 0. The van der Waals surface area contributed by atoms with Crippen molar-refractivity contribution >= 4 is 5.69 Å². The van der Waals surface area contributed by atoms with Gasteiger partial charge in [-0.15, -0.1) is 0 Å². The third-order valence-electron chi connectivity index (χ3n) is 3.30. The highest BCUT2D eigenvalue weighted by atomic mass is 16.5. The topological polar surface area (TPSA) is 51.4 Å². The van der Waals surface area contributed by atoms with Gasteiger partial charge in [0, 0.05) is 26.7 Å². The molecular weight excluding hydrogens is 214 g/mol. The minimum atomic E-state index is 0.507. The highest BCUT2D eigenvalue weighted by Crippen LogP contribution is 2.22. The van der Waals surface area contributed by atoms with E-state index in [1.807, 2.05) is 12.3 Å². The molecule has 94 valence electrons. The van der Waals surface area contributed by atoms with Crippen LogP contribution in [0.5, 0.6) is 0 Å². The lowest BCUT2D eigenvalue weighted by molar-refractivity contribution is 0.143. The van der Waals surface area contributed by atoms with Crippen LogP contribution in [0.15, 0.2) is 18.3 Å². The van der Waals surface area contributed by atoms with Crippen molar-refractivity contribution in [2.24, 2.45) is 11.7 Å². The fourth-order valence-corrected chi connectivity index (χ4v) is 2.40. The van der Waals surface area contributed by atoms with Crippen LogP contribution in [-0.4, -0.2) is 31.8 Å². The van der Waals surface area contributed by atoms with E-state index >= 15 is 0 Å². The van der Waals surface area contributed by atoms with Crippen LogP contribution in [0.3, 0.4) is 0 Å². The predicted octanol–water partition coefficient (Wildman–Crippen LogP) is 1.40. The van der Waals surface area contributed by atoms with Gasteiger partial charge in [0.1, 0.15) is 0 Å². The SMILES string of the molecule is COCC1CCCN(c2ccc(CN)nc2)C1. The monoisotopic (exact) mass is 235 g/mol. The van der Waals surface area contributed by atoms with Crippen LogP contribution >= 0.6 is 0 Å². The Hall–Kier alpha value is -1.13. The van der Waals surface area contributed by atoms with E-state index in [2.05, 4.69) is 16.0 Å². The Morgan fingerprint density at radius 1 is 1.53 bits per heavy atom. The summed E-state index contributed by atoms with van der Waals surface area (Å²) in [5.41, 5.74) is 7.69. The molecule has 0 amide bonds. The summed E-state index contributed by atoms with van der Waals surface area (Å²) in [7, 11) is 1.77. The lowest BCUT2D eigenvalue weighted by Crippen LogP contribution is -2.37. The van der Waals surface area contributed by atoms with Crippen LogP contribution in [0, 0.1) is 5.92 Å². The minimum absolute atomic E-state index is 0.507. The van der Waals surface area contributed by atoms with Crippen molar-refractivity contribution in [2.45, 2.75) is 19.4 Å². The second kappa shape index (κ2) is 5.98. The van der Waals surface area contributed by atoms with Gasteiger partial charge < -0.3 is 15.4 Å². The van der Waals surface area contributed by atoms with Gasteiger partial charge in [-0.3, -0.25) is 4.98 Å². The van der Waals surface area contributed by atoms with Gasteiger partial charge in [0.25, 0.3) is 0 Å². The largest absolute Gasteiger partial charge is 0.384 e. The first-order valence-electron chi connectivity index (χ1n) is 6.22. The fraction of sp³-hybridized carbons (Fsp3) is 0.615. The first kappa shape index (κ1) is 12.3. The Bertz CT molecular complexity index is 337. The second-order valence-electron chi connectivity index (χ2n) is 4.62. The zero-order valence-corrected chi connectivity index (χ0v) is 10.4. The number of pyridine rings is 1. The summed E-state index contributed by atoms with van der Waals surface area (Å²) in [5.74, 6) is 0.642. The quantitative estimate of drug-likeness (QED) is 0.857. The van der Waals surface area contributed by atoms with Gasteiger partial charge in [-0.05, 0) is 30.9 Å². The van der Waals surface area contributed by atoms with Crippen molar-refractivity contribution in [1.82, 2.24) is 4.98 Å². The van der Waals surface area contributed by atoms with Gasteiger partial charge >= 0.3 is 0 Å². The molecule has 4 nitrogen and oxygen atoms in total. The number of piperidine rings is 1. The lowest BCUT2D eigenvalue weighted by Gasteiger charge is -2.33. The van der Waals surface area contributed by atoms with E-state index in [1.54, 1.807) is 7.11 Å². The maximum atomic E-state index is 5.55. The summed E-state index contributed by atoms with van der Waals surface area (Å²) in [5, 5.41) is 0. The highest BCUT2D eigenvalue weighted by Gasteiger charge is 2.20. The van der Waals surface area contributed by atoms with Gasteiger partial charge in [-0.2, -0.15) is 0 Å². The molecule has 0 aromatic carbocycles. The maximum Gasteiger partial charge on any atom is 0.0553 e. The van der Waals surface area contributed by atoms with Crippen LogP contribution in [0.25, 0.3) is 0 Å². The Labute approximate surface area is 103 Å². The number of methoxy groups -OCH3 is 1. The molecule has 2 rings (SSSR count). The van der Waals surface area contributed by atoms with Gasteiger partial charge in [0.15, 0.2) is 0 Å². The van der Waals surface area contributed by atoms with Crippen molar-refractivity contribution in [3.63, 3.8) is 0 Å². The van der Waals surface area contributed by atoms with Crippen molar-refractivity contribution in [3.05, 3.63) is 24.0 Å². The zero-order valence-electron chi connectivity index (χ0n) is 10.4. The average Bonchev–Trinajstić information content (AvgIpc) is 2.40. The number of anilines is 1. The van der Waals surface area contributed by atoms with E-state index in [4.69, 9.17) is 10.5 Å². The minimum Gasteiger partial charge on any atom is -0.384 e. The summed E-state index contributed by atoms with van der Waals surface area (Å²) in [6, 6.07) is 4.12. The number of ether oxygens (including phenoxy) is 1. The molecule has 2 N–H and O–H groups in total. The van der Waals surface area contributed by atoms with E-state index in [-0.39, 0.29) is 0 Å². The Balaban J connectivity index is 2.00. The molecule has 0 aliphatic carbocycles. The molecule has 0 bridgehead atoms. The Kier molecular flexibility index (Phi) is 4.34. The summed E-state index contributed by atoms with van der Waals surface area (Å²) in [6.45, 7) is 3.54. The van der Waals surface area contributed by atoms with Gasteiger partial charge in [0.05, 0.1) is 24.2 Å². The number of nitrogens with zero attached hydrogens (tertiary/aromatic N) is 2. The Morgan fingerprint density at radius 2 is 2.41 bits per heavy atom. The van der Waals surface area contributed by atoms with Crippen LogP contribution in [0.2, 0.25) is 0 Å². The molecule has 1 aliphatic heterocycles. The number of nitrogens with two attached hydrogens (primary N) is 1. The molecule has 4 heteroatoms. The predicted molar refractivity (Wildman–Crippen MR) is 68.9 cm³/mol. The zero-order chi connectivity index (χ0) is 12.1. The van der Waals surface area contributed by atoms with Crippen LogP contribution in [-0.2, 0) is 11.3 Å². The first-order chi connectivity index (χ1) is 8.33. The molecule has 1 aliphatic rings. The summed E-state index contributed by atoms with van der Waals surface area (Å²) < 4.78 is 5.24. The van der Waals surface area contributed by atoms with Gasteiger partial charge in [-0.25, -0.2) is 0 Å². The molecule has 2 heterocycles. The molecular formula is C13H21N3O. The summed E-state index contributed by atoms with van der Waals surface area (Å²) in [6.07, 6.45) is 4.42. The molecule has 1 aromatic rings. The molecule has 1 unspecified atom stereocenters. The smallest absolute Gasteiger partial charge is 0.0553 e. The standard InChI is InChI=1S/C13H21N3O/c1-17-10-11-3-2-6-16(9-11)13-5-4-12(7-14)15-8-13/h4-5,8,11H,2-3,6-7,9-10,14H2,1H3. The van der Waals surface area contributed by atoms with Gasteiger partial charge in [0.2, 0.25) is 0 Å². The van der Waals surface area contributed by atoms with E-state index in [9.17, 15) is 0 Å². The highest BCUT2D eigenvalue weighted by molar-refractivity contribution is 5.45. The molecule has 1 fully saturated rings. The van der Waals surface area contributed by atoms with E-state index in [0.29, 0.717) is 12.5 Å². The first-order valence-corrected chi connectivity index (χ1v) is 6.22. The lowest BCUT2D eigenvalue weighted by atomic mass is 9.98. The van der Waals surface area contributed by atoms with Crippen LogP contribution in [0.4, 0.5) is 5.69 Å². The van der Waals surface area contributed by atoms with Crippen molar-refractivity contribution in [3.8, 4) is 0 Å². The average molecular weight is 235 g/mol. The number of rotatable bonds is 4. The molecule has 1 atom stereocenters. The van der Waals surface area contributed by atoms with Crippen LogP contribution < -0.4 is 10.6 Å². The third kappa shape index (κ3) is 3.17. The number of hydrogen-bond donors (Lipinski definition) is 1. The van der Waals surface area contributed by atoms with E-state index in [0.717, 1.165) is 25.4 Å². The van der Waals surface area contributed by atoms with Crippen molar-refractivity contribution < 1.29 is 4.74 Å². The molecule has 0 spiro atoms. The van der Waals surface area contributed by atoms with Gasteiger partial charge in [-0.1, -0.05) is 0 Å². The third-order valence-corrected chi connectivity index (χ3v) is 3.30. The molecule has 1 saturated heterocycles. The fourth-order valence-electron chi connectivity index (χ4n) is 2.40. The van der Waals surface area contributed by atoms with E-state index < -0.39 is 0 Å². The molecule has 1 aromatic heterocycles. The van der Waals surface area contributed by atoms with E-state index in [1.165, 1.54) is 18.5 Å². The Morgan fingerprint density at radius 3 is 3.06 bits per heavy atom. The van der Waals surface area contributed by atoms with Crippen molar-refractivity contribution in [1.29, 1.82) is 0 Å². The maximum absolute atomic E-state index is 5.55. The molecule has 0 radical (unpaired) electrons.